The second-order valence-corrected chi connectivity index (χ2v) is 6.53. The lowest BCUT2D eigenvalue weighted by Crippen LogP contribution is -2.36. The number of benzene rings is 1. The Morgan fingerprint density at radius 3 is 2.23 bits per heavy atom. The van der Waals surface area contributed by atoms with Crippen molar-refractivity contribution < 1.29 is 9.66 Å². The van der Waals surface area contributed by atoms with Crippen LogP contribution >= 0.6 is 0 Å². The zero-order chi connectivity index (χ0) is 19.4. The van der Waals surface area contributed by atoms with Crippen molar-refractivity contribution in [3.05, 3.63) is 46.4 Å². The summed E-state index contributed by atoms with van der Waals surface area (Å²) in [5.41, 5.74) is 1.10. The molecule has 0 fully saturated rings. The molecule has 1 atom stereocenters. The molecule has 140 valence electrons. The molecule has 0 amide bonds. The van der Waals surface area contributed by atoms with Crippen LogP contribution in [0.4, 0.5) is 11.5 Å². The molecule has 0 aliphatic carbocycles. The number of anilines is 1. The summed E-state index contributed by atoms with van der Waals surface area (Å²) in [5, 5.41) is 11.0. The molecule has 0 saturated carbocycles. The van der Waals surface area contributed by atoms with Crippen molar-refractivity contribution in [1.82, 2.24) is 9.55 Å². The molecule has 1 heterocycles. The van der Waals surface area contributed by atoms with Crippen LogP contribution in [0, 0.1) is 10.1 Å². The third-order valence-corrected chi connectivity index (χ3v) is 4.07. The number of ether oxygens (including phenoxy) is 1. The average molecular weight is 359 g/mol. The van der Waals surface area contributed by atoms with Gasteiger partial charge in [-0.05, 0) is 63.6 Å². The minimum Gasteiger partial charge on any atom is -0.459 e. The molecule has 2 rings (SSSR count). The average Bonchev–Trinajstić information content (AvgIpc) is 2.95. The number of hydrogen-bond acceptors (Lipinski definition) is 6. The van der Waals surface area contributed by atoms with E-state index in [4.69, 9.17) is 4.74 Å². The normalized spacial score (nSPS) is 12.3. The van der Waals surface area contributed by atoms with Gasteiger partial charge >= 0.3 is 5.82 Å². The molecule has 1 aromatic carbocycles. The van der Waals surface area contributed by atoms with Crippen LogP contribution in [0.2, 0.25) is 0 Å². The first-order chi connectivity index (χ1) is 12.3. The van der Waals surface area contributed by atoms with E-state index in [0.717, 1.165) is 5.69 Å². The summed E-state index contributed by atoms with van der Waals surface area (Å²) < 4.78 is 7.17. The van der Waals surface area contributed by atoms with Crippen LogP contribution in [0.5, 0.6) is 5.75 Å². The topological polar surface area (TPSA) is 85.8 Å². The fourth-order valence-electron chi connectivity index (χ4n) is 3.00. The first-order valence-electron chi connectivity index (χ1n) is 8.43. The molecule has 26 heavy (non-hydrogen) atoms. The number of hydrogen-bond donors (Lipinski definition) is 0. The maximum absolute atomic E-state index is 11.0. The standard InChI is InChI=1S/C18H25N5O3/c1-12(2)22(13(3)4)14-7-9-15(10-8-14)26-18(19-5)17-20-11-16(21(17)6)23(24)25/h7-13,18H,5H2,1-4,6H3. The van der Waals surface area contributed by atoms with E-state index in [1.807, 2.05) is 24.3 Å². The molecular weight excluding hydrogens is 334 g/mol. The van der Waals surface area contributed by atoms with E-state index >= 15 is 0 Å². The van der Waals surface area contributed by atoms with Gasteiger partial charge in [0, 0.05) is 17.8 Å². The molecule has 0 spiro atoms. The number of nitro groups is 1. The summed E-state index contributed by atoms with van der Waals surface area (Å²) in [4.78, 5) is 20.7. The SMILES string of the molecule is C=NC(Oc1ccc(N(C(C)C)C(C)C)cc1)c1ncc([N+](=O)[O-])n1C. The minimum atomic E-state index is -0.828. The Balaban J connectivity index is 2.21. The van der Waals surface area contributed by atoms with Gasteiger partial charge in [-0.25, -0.2) is 14.5 Å². The Morgan fingerprint density at radius 2 is 1.81 bits per heavy atom. The largest absolute Gasteiger partial charge is 0.459 e. The monoisotopic (exact) mass is 359 g/mol. The Labute approximate surface area is 153 Å². The summed E-state index contributed by atoms with van der Waals surface area (Å²) in [6, 6.07) is 8.41. The second-order valence-electron chi connectivity index (χ2n) is 6.53. The molecular formula is C18H25N5O3. The summed E-state index contributed by atoms with van der Waals surface area (Å²) in [6.45, 7) is 12.1. The van der Waals surface area contributed by atoms with Crippen LogP contribution in [-0.4, -0.2) is 33.3 Å². The molecule has 0 radical (unpaired) electrons. The highest BCUT2D eigenvalue weighted by molar-refractivity contribution is 5.50. The molecule has 0 saturated heterocycles. The van der Waals surface area contributed by atoms with Crippen molar-refractivity contribution in [1.29, 1.82) is 0 Å². The van der Waals surface area contributed by atoms with Gasteiger partial charge < -0.3 is 19.8 Å². The number of aromatic nitrogens is 2. The summed E-state index contributed by atoms with van der Waals surface area (Å²) in [5.74, 6) is 0.781. The lowest BCUT2D eigenvalue weighted by molar-refractivity contribution is -0.391. The van der Waals surface area contributed by atoms with E-state index in [1.165, 1.54) is 10.8 Å². The van der Waals surface area contributed by atoms with Crippen molar-refractivity contribution in [2.75, 3.05) is 4.90 Å². The maximum atomic E-state index is 11.0. The van der Waals surface area contributed by atoms with E-state index < -0.39 is 11.2 Å². The van der Waals surface area contributed by atoms with Gasteiger partial charge in [-0.15, -0.1) is 0 Å². The number of aliphatic imine (C=N–C) groups is 1. The van der Waals surface area contributed by atoms with Crippen LogP contribution in [0.25, 0.3) is 0 Å². The second kappa shape index (κ2) is 7.99. The number of rotatable bonds is 8. The molecule has 1 unspecified atom stereocenters. The Kier molecular flexibility index (Phi) is 5.97. The molecule has 0 aliphatic rings. The summed E-state index contributed by atoms with van der Waals surface area (Å²) in [7, 11) is 1.55. The number of nitrogens with zero attached hydrogens (tertiary/aromatic N) is 5. The predicted molar refractivity (Wildman–Crippen MR) is 102 cm³/mol. The van der Waals surface area contributed by atoms with Crippen LogP contribution in [-0.2, 0) is 7.05 Å². The lowest BCUT2D eigenvalue weighted by Gasteiger charge is -2.33. The summed E-state index contributed by atoms with van der Waals surface area (Å²) >= 11 is 0. The van der Waals surface area contributed by atoms with Crippen molar-refractivity contribution in [3.63, 3.8) is 0 Å². The van der Waals surface area contributed by atoms with Crippen molar-refractivity contribution in [2.24, 2.45) is 12.0 Å². The van der Waals surface area contributed by atoms with Gasteiger partial charge in [0.15, 0.2) is 0 Å². The highest BCUT2D eigenvalue weighted by Crippen LogP contribution is 2.27. The van der Waals surface area contributed by atoms with Crippen LogP contribution < -0.4 is 9.64 Å². The maximum Gasteiger partial charge on any atom is 0.342 e. The van der Waals surface area contributed by atoms with Gasteiger partial charge in [-0.3, -0.25) is 0 Å². The van der Waals surface area contributed by atoms with Crippen LogP contribution in [0.3, 0.4) is 0 Å². The van der Waals surface area contributed by atoms with Crippen molar-refractivity contribution >= 4 is 18.2 Å². The van der Waals surface area contributed by atoms with E-state index in [2.05, 4.69) is 49.3 Å². The van der Waals surface area contributed by atoms with E-state index in [9.17, 15) is 10.1 Å². The van der Waals surface area contributed by atoms with Crippen LogP contribution in [0.15, 0.2) is 35.5 Å². The highest BCUT2D eigenvalue weighted by Gasteiger charge is 2.25. The first kappa shape index (κ1) is 19.4. The van der Waals surface area contributed by atoms with Crippen molar-refractivity contribution in [3.8, 4) is 5.75 Å². The molecule has 8 nitrogen and oxygen atoms in total. The van der Waals surface area contributed by atoms with Gasteiger partial charge in [0.25, 0.3) is 12.1 Å². The Bertz CT molecular complexity index is 760. The molecule has 0 N–H and O–H groups in total. The van der Waals surface area contributed by atoms with E-state index in [1.54, 1.807) is 7.05 Å². The Morgan fingerprint density at radius 1 is 1.23 bits per heavy atom. The predicted octanol–water partition coefficient (Wildman–Crippen LogP) is 3.73. The fraction of sp³-hybridized carbons (Fsp3) is 0.444. The zero-order valence-corrected chi connectivity index (χ0v) is 15.8. The van der Waals surface area contributed by atoms with E-state index in [-0.39, 0.29) is 5.82 Å². The van der Waals surface area contributed by atoms with Gasteiger partial charge in [0.05, 0.1) is 7.05 Å². The molecule has 0 bridgehead atoms. The van der Waals surface area contributed by atoms with Crippen LogP contribution in [0.1, 0.15) is 39.7 Å². The summed E-state index contributed by atoms with van der Waals surface area (Å²) in [6.07, 6.45) is 0.356. The molecule has 0 aliphatic heterocycles. The van der Waals surface area contributed by atoms with Gasteiger partial charge in [0.1, 0.15) is 11.9 Å². The smallest absolute Gasteiger partial charge is 0.342 e. The number of imidazole rings is 1. The quantitative estimate of drug-likeness (QED) is 0.407. The lowest BCUT2D eigenvalue weighted by atomic mass is 10.2. The third-order valence-electron chi connectivity index (χ3n) is 4.07. The fourth-order valence-corrected chi connectivity index (χ4v) is 3.00. The third kappa shape index (κ3) is 4.01. The first-order valence-corrected chi connectivity index (χ1v) is 8.43. The highest BCUT2D eigenvalue weighted by atomic mass is 16.6. The van der Waals surface area contributed by atoms with E-state index in [0.29, 0.717) is 23.7 Å². The van der Waals surface area contributed by atoms with Crippen molar-refractivity contribution in [2.45, 2.75) is 46.0 Å². The van der Waals surface area contributed by atoms with Gasteiger partial charge in [-0.1, -0.05) is 0 Å². The zero-order valence-electron chi connectivity index (χ0n) is 15.8. The molecule has 1 aromatic heterocycles. The molecule has 2 aromatic rings. The van der Waals surface area contributed by atoms with Gasteiger partial charge in [-0.2, -0.15) is 0 Å². The Hall–Kier alpha value is -2.90. The minimum absolute atomic E-state index is 0.128. The van der Waals surface area contributed by atoms with Gasteiger partial charge in [0.2, 0.25) is 0 Å². The molecule has 8 heteroatoms.